The molecule has 2 N–H and O–H groups in total. The number of esters is 1. The van der Waals surface area contributed by atoms with Crippen molar-refractivity contribution in [3.63, 3.8) is 0 Å². The molecule has 1 unspecified atom stereocenters. The van der Waals surface area contributed by atoms with Crippen molar-refractivity contribution in [2.24, 2.45) is 0 Å². The van der Waals surface area contributed by atoms with E-state index < -0.39 is 5.60 Å². The summed E-state index contributed by atoms with van der Waals surface area (Å²) in [6.07, 6.45) is 0. The fourth-order valence-electron chi connectivity index (χ4n) is 5.86. The van der Waals surface area contributed by atoms with E-state index in [2.05, 4.69) is 42.7 Å². The van der Waals surface area contributed by atoms with Gasteiger partial charge in [0.25, 0.3) is 0 Å². The third kappa shape index (κ3) is 4.02. The highest BCUT2D eigenvalue weighted by atomic mass is 19.1. The van der Waals surface area contributed by atoms with Crippen LogP contribution in [-0.2, 0) is 10.3 Å². The normalized spacial score (nSPS) is 16.3. The van der Waals surface area contributed by atoms with Crippen LogP contribution in [0.15, 0.2) is 97.1 Å². The Morgan fingerprint density at radius 2 is 1.27 bits per heavy atom. The smallest absolute Gasteiger partial charge is 0.340 e. The van der Waals surface area contributed by atoms with Gasteiger partial charge in [-0.05, 0) is 86.5 Å². The minimum atomic E-state index is -1.15. The fraction of sp³-hybridized carbons (Fsp3) is 0.114. The maximum absolute atomic E-state index is 13.7. The van der Waals surface area contributed by atoms with Crippen molar-refractivity contribution in [1.82, 2.24) is 0 Å². The number of hydrogen-bond acceptors (Lipinski definition) is 5. The highest BCUT2D eigenvalue weighted by Gasteiger charge is 2.53. The van der Waals surface area contributed by atoms with E-state index in [0.717, 1.165) is 50.6 Å². The van der Waals surface area contributed by atoms with Gasteiger partial charge in [0.15, 0.2) is 5.60 Å². The first-order valence-electron chi connectivity index (χ1n) is 13.5. The van der Waals surface area contributed by atoms with Gasteiger partial charge in [-0.3, -0.25) is 0 Å². The Labute approximate surface area is 237 Å². The number of ether oxygens (including phenoxy) is 2. The molecule has 2 aliphatic rings. The summed E-state index contributed by atoms with van der Waals surface area (Å²) in [5.41, 5.74) is 8.17. The van der Waals surface area contributed by atoms with E-state index in [9.17, 15) is 9.18 Å². The SMILES string of the molecule is Cc1ccc(Nc2ccc3c(c2)Oc2cc(Nc4ccc(F)cc4C)ccc2C32OC(=O)c3ccccc32)c(C)c1. The molecule has 0 bridgehead atoms. The topological polar surface area (TPSA) is 59.6 Å². The van der Waals surface area contributed by atoms with Crippen molar-refractivity contribution < 1.29 is 18.7 Å². The number of carbonyl (C=O) groups excluding carboxylic acids is 1. The largest absolute Gasteiger partial charge is 0.456 e. The van der Waals surface area contributed by atoms with E-state index in [1.807, 2.05) is 61.5 Å². The zero-order chi connectivity index (χ0) is 28.3. The number of nitrogens with one attached hydrogen (secondary N) is 2. The highest BCUT2D eigenvalue weighted by molar-refractivity contribution is 5.97. The van der Waals surface area contributed by atoms with E-state index in [0.29, 0.717) is 17.1 Å². The number of rotatable bonds is 4. The predicted octanol–water partition coefficient (Wildman–Crippen LogP) is 8.81. The van der Waals surface area contributed by atoms with E-state index in [-0.39, 0.29) is 11.8 Å². The molecule has 1 atom stereocenters. The summed E-state index contributed by atoms with van der Waals surface area (Å²) in [6, 6.07) is 30.0. The lowest BCUT2D eigenvalue weighted by Gasteiger charge is -2.37. The van der Waals surface area contributed by atoms with Crippen molar-refractivity contribution >= 4 is 28.7 Å². The predicted molar refractivity (Wildman–Crippen MR) is 158 cm³/mol. The zero-order valence-corrected chi connectivity index (χ0v) is 22.8. The Morgan fingerprint density at radius 3 is 1.90 bits per heavy atom. The first-order chi connectivity index (χ1) is 19.8. The maximum atomic E-state index is 13.7. The molecule has 2 heterocycles. The second-order valence-corrected chi connectivity index (χ2v) is 10.7. The van der Waals surface area contributed by atoms with Crippen LogP contribution in [0.4, 0.5) is 27.1 Å². The Bertz CT molecular complexity index is 1780. The summed E-state index contributed by atoms with van der Waals surface area (Å²) in [7, 11) is 0. The van der Waals surface area contributed by atoms with Crippen LogP contribution in [0.2, 0.25) is 0 Å². The van der Waals surface area contributed by atoms with Gasteiger partial charge in [0, 0.05) is 51.6 Å². The third-order valence-electron chi connectivity index (χ3n) is 7.84. The van der Waals surface area contributed by atoms with Crippen LogP contribution in [-0.4, -0.2) is 5.97 Å². The van der Waals surface area contributed by atoms with E-state index in [4.69, 9.17) is 9.47 Å². The standard InChI is InChI=1S/C35H27FN2O3/c1-20-8-14-30(21(2)16-20)37-24-10-12-28-32(18-24)40-33-19-25(38-31-15-9-23(36)17-22(31)3)11-13-29(33)35(28)27-7-5-4-6-26(27)34(39)41-35/h4-19,37-38H,1-3H3. The van der Waals surface area contributed by atoms with Gasteiger partial charge in [0.1, 0.15) is 17.3 Å². The molecule has 5 aromatic rings. The van der Waals surface area contributed by atoms with Crippen LogP contribution < -0.4 is 15.4 Å². The molecule has 2 aliphatic heterocycles. The quantitative estimate of drug-likeness (QED) is 0.222. The Kier molecular flexibility index (Phi) is 5.61. The summed E-state index contributed by atoms with van der Waals surface area (Å²) in [4.78, 5) is 13.2. The van der Waals surface area contributed by atoms with Crippen molar-refractivity contribution in [3.05, 3.63) is 142 Å². The first-order valence-corrected chi connectivity index (χ1v) is 13.5. The number of carbonyl (C=O) groups is 1. The zero-order valence-electron chi connectivity index (χ0n) is 22.8. The van der Waals surface area contributed by atoms with Gasteiger partial charge >= 0.3 is 5.97 Å². The molecule has 202 valence electrons. The molecule has 0 radical (unpaired) electrons. The summed E-state index contributed by atoms with van der Waals surface area (Å²) < 4.78 is 26.5. The summed E-state index contributed by atoms with van der Waals surface area (Å²) in [5, 5.41) is 6.87. The Balaban J connectivity index is 1.35. The van der Waals surface area contributed by atoms with Crippen molar-refractivity contribution in [1.29, 1.82) is 0 Å². The van der Waals surface area contributed by atoms with E-state index >= 15 is 0 Å². The number of hydrogen-bond donors (Lipinski definition) is 2. The van der Waals surface area contributed by atoms with Gasteiger partial charge in [-0.2, -0.15) is 0 Å². The number of benzene rings is 5. The minimum Gasteiger partial charge on any atom is -0.456 e. The van der Waals surface area contributed by atoms with Crippen LogP contribution in [0.3, 0.4) is 0 Å². The van der Waals surface area contributed by atoms with E-state index in [1.165, 1.54) is 17.7 Å². The molecule has 5 aromatic carbocycles. The molecule has 1 spiro atoms. The molecular formula is C35H27FN2O3. The molecule has 0 aliphatic carbocycles. The lowest BCUT2D eigenvalue weighted by atomic mass is 9.77. The molecule has 0 saturated carbocycles. The lowest BCUT2D eigenvalue weighted by Crippen LogP contribution is -2.33. The molecule has 5 nitrogen and oxygen atoms in total. The second-order valence-electron chi connectivity index (χ2n) is 10.7. The molecule has 0 aromatic heterocycles. The Hall–Kier alpha value is -5.10. The Morgan fingerprint density at radius 1 is 0.659 bits per heavy atom. The monoisotopic (exact) mass is 542 g/mol. The van der Waals surface area contributed by atoms with Gasteiger partial charge in [-0.15, -0.1) is 0 Å². The van der Waals surface area contributed by atoms with Crippen LogP contribution in [0.5, 0.6) is 11.5 Å². The summed E-state index contributed by atoms with van der Waals surface area (Å²) in [6.45, 7) is 5.99. The molecule has 7 rings (SSSR count). The fourth-order valence-corrected chi connectivity index (χ4v) is 5.86. The molecule has 0 amide bonds. The first kappa shape index (κ1) is 24.9. The molecule has 0 fully saturated rings. The number of halogens is 1. The average Bonchev–Trinajstić information content (AvgIpc) is 3.24. The van der Waals surface area contributed by atoms with Crippen molar-refractivity contribution in [3.8, 4) is 11.5 Å². The van der Waals surface area contributed by atoms with Gasteiger partial charge in [-0.25, -0.2) is 9.18 Å². The minimum absolute atomic E-state index is 0.285. The van der Waals surface area contributed by atoms with Gasteiger partial charge in [0.2, 0.25) is 0 Å². The lowest BCUT2D eigenvalue weighted by molar-refractivity contribution is 0.0224. The number of fused-ring (bicyclic) bond motifs is 6. The maximum Gasteiger partial charge on any atom is 0.340 e. The van der Waals surface area contributed by atoms with Crippen LogP contribution in [0, 0.1) is 26.6 Å². The van der Waals surface area contributed by atoms with Crippen LogP contribution in [0.25, 0.3) is 0 Å². The molecular weight excluding hydrogens is 515 g/mol. The van der Waals surface area contributed by atoms with Crippen molar-refractivity contribution in [2.45, 2.75) is 26.4 Å². The van der Waals surface area contributed by atoms with E-state index in [1.54, 1.807) is 12.1 Å². The molecule has 0 saturated heterocycles. The average molecular weight is 543 g/mol. The third-order valence-corrected chi connectivity index (χ3v) is 7.84. The highest BCUT2D eigenvalue weighted by Crippen LogP contribution is 2.57. The summed E-state index contributed by atoms with van der Waals surface area (Å²) in [5.74, 6) is 0.496. The van der Waals surface area contributed by atoms with Gasteiger partial charge in [0.05, 0.1) is 5.56 Å². The second kappa shape index (κ2) is 9.24. The molecule has 41 heavy (non-hydrogen) atoms. The van der Waals surface area contributed by atoms with Gasteiger partial charge < -0.3 is 20.1 Å². The molecule has 6 heteroatoms. The number of aryl methyl sites for hydroxylation is 3. The van der Waals surface area contributed by atoms with Crippen LogP contribution in [0.1, 0.15) is 43.7 Å². The van der Waals surface area contributed by atoms with Crippen LogP contribution >= 0.6 is 0 Å². The van der Waals surface area contributed by atoms with Crippen molar-refractivity contribution in [2.75, 3.05) is 10.6 Å². The summed E-state index contributed by atoms with van der Waals surface area (Å²) >= 11 is 0. The number of anilines is 4. The van der Waals surface area contributed by atoms with Gasteiger partial charge in [-0.1, -0.05) is 35.9 Å².